The molecule has 2 aliphatic heterocycles. The van der Waals surface area contributed by atoms with Gasteiger partial charge >= 0.3 is 18.0 Å². The summed E-state index contributed by atoms with van der Waals surface area (Å²) >= 11 is 0. The van der Waals surface area contributed by atoms with Gasteiger partial charge in [-0.2, -0.15) is 0 Å². The Kier molecular flexibility index (Phi) is 9.50. The first kappa shape index (κ1) is 28.8. The molecule has 198 valence electrons. The number of esters is 2. The monoisotopic (exact) mass is 495 g/mol. The third-order valence-corrected chi connectivity index (χ3v) is 5.80. The zero-order valence-electron chi connectivity index (χ0n) is 22.3. The van der Waals surface area contributed by atoms with Crippen molar-refractivity contribution in [2.24, 2.45) is 16.7 Å². The molecule has 35 heavy (non-hydrogen) atoms. The van der Waals surface area contributed by atoms with Crippen LogP contribution in [0.15, 0.2) is 12.2 Å². The molecule has 0 bridgehead atoms. The zero-order valence-corrected chi connectivity index (χ0v) is 22.3. The summed E-state index contributed by atoms with van der Waals surface area (Å²) in [6.45, 7) is 14.0. The van der Waals surface area contributed by atoms with Gasteiger partial charge in [-0.05, 0) is 53.9 Å². The molecule has 5 atom stereocenters. The van der Waals surface area contributed by atoms with Crippen LogP contribution in [-0.2, 0) is 33.3 Å². The van der Waals surface area contributed by atoms with Crippen molar-refractivity contribution in [2.45, 2.75) is 106 Å². The number of imide groups is 1. The molecule has 0 radical (unpaired) electrons. The van der Waals surface area contributed by atoms with E-state index in [1.807, 2.05) is 19.1 Å². The van der Waals surface area contributed by atoms with E-state index in [0.29, 0.717) is 0 Å². The summed E-state index contributed by atoms with van der Waals surface area (Å²) in [5, 5.41) is 0. The summed E-state index contributed by atoms with van der Waals surface area (Å²) in [6.07, 6.45) is 2.99. The number of fused-ring (bicyclic) bond motifs is 1. The van der Waals surface area contributed by atoms with Crippen LogP contribution in [0.2, 0.25) is 0 Å². The second-order valence-corrected chi connectivity index (χ2v) is 11.4. The Morgan fingerprint density at radius 1 is 1.09 bits per heavy atom. The Balaban J connectivity index is 2.30. The molecule has 0 N–H and O–H groups in total. The minimum atomic E-state index is -1.13. The Morgan fingerprint density at radius 2 is 1.69 bits per heavy atom. The summed E-state index contributed by atoms with van der Waals surface area (Å²) in [4.78, 5) is 52.3. The van der Waals surface area contributed by atoms with Crippen molar-refractivity contribution in [3.05, 3.63) is 12.2 Å². The fraction of sp³-hybridized carbons (Fsp3) is 0.769. The molecular formula is C26H41NO8. The zero-order chi connectivity index (χ0) is 26.6. The van der Waals surface area contributed by atoms with Gasteiger partial charge in [0.1, 0.15) is 6.04 Å². The number of hydrogen-bond acceptors (Lipinski definition) is 8. The molecule has 0 aromatic carbocycles. The molecule has 0 aromatic heterocycles. The molecule has 0 aromatic rings. The van der Waals surface area contributed by atoms with Crippen molar-refractivity contribution in [2.75, 3.05) is 6.61 Å². The van der Waals surface area contributed by atoms with E-state index in [1.54, 1.807) is 41.5 Å². The second kappa shape index (κ2) is 11.5. The number of ether oxygens (including phenoxy) is 4. The fourth-order valence-electron chi connectivity index (χ4n) is 3.63. The highest BCUT2D eigenvalue weighted by molar-refractivity contribution is 5.94. The number of rotatable bonds is 8. The Labute approximate surface area is 208 Å². The van der Waals surface area contributed by atoms with Crippen LogP contribution < -0.4 is 0 Å². The molecule has 9 nitrogen and oxygen atoms in total. The van der Waals surface area contributed by atoms with Crippen LogP contribution in [0.25, 0.3) is 0 Å². The molecule has 0 spiro atoms. The van der Waals surface area contributed by atoms with Crippen molar-refractivity contribution >= 4 is 23.9 Å². The number of hydrogen-bond donors (Lipinski definition) is 0. The van der Waals surface area contributed by atoms with Crippen LogP contribution >= 0.6 is 0 Å². The van der Waals surface area contributed by atoms with Crippen LogP contribution in [-0.4, -0.2) is 60.0 Å². The Bertz CT molecular complexity index is 822. The molecule has 2 fully saturated rings. The average molecular weight is 496 g/mol. The topological polar surface area (TPSA) is 108 Å². The van der Waals surface area contributed by atoms with Gasteiger partial charge in [-0.15, -0.1) is 0 Å². The van der Waals surface area contributed by atoms with E-state index in [0.717, 1.165) is 24.2 Å². The minimum absolute atomic E-state index is 0.0628. The molecule has 0 saturated carbocycles. The highest BCUT2D eigenvalue weighted by Crippen LogP contribution is 2.35. The lowest BCUT2D eigenvalue weighted by Gasteiger charge is -2.40. The lowest BCUT2D eigenvalue weighted by atomic mass is 9.94. The number of carbonyl (C=O) groups is 4. The smallest absolute Gasteiger partial charge is 0.419 e. The molecule has 2 amide bonds. The van der Waals surface area contributed by atoms with Gasteiger partial charge in [0.25, 0.3) is 0 Å². The van der Waals surface area contributed by atoms with E-state index in [1.165, 1.54) is 0 Å². The molecule has 1 unspecified atom stereocenters. The van der Waals surface area contributed by atoms with Crippen LogP contribution in [0, 0.1) is 16.7 Å². The normalized spacial score (nSPS) is 25.7. The van der Waals surface area contributed by atoms with Gasteiger partial charge < -0.3 is 18.9 Å². The molecule has 2 rings (SSSR count). The highest BCUT2D eigenvalue weighted by Gasteiger charge is 2.58. The molecule has 2 saturated heterocycles. The van der Waals surface area contributed by atoms with Gasteiger partial charge in [0.05, 0.1) is 17.4 Å². The lowest BCUT2D eigenvalue weighted by molar-refractivity contribution is -0.227. The number of amides is 2. The van der Waals surface area contributed by atoms with Crippen LogP contribution in [0.4, 0.5) is 4.79 Å². The maximum atomic E-state index is 13.2. The SMILES string of the molecule is CCCC/C=C/C(C)CC(=O)N1C(=O)O[C@@H]2OC[C@@H](OC(=O)C(C)(C)C)[C@@H](OC(=O)C(C)(C)C)[C@@H]21. The molecule has 9 heteroatoms. The summed E-state index contributed by atoms with van der Waals surface area (Å²) in [5.74, 6) is -1.66. The van der Waals surface area contributed by atoms with E-state index in [4.69, 9.17) is 18.9 Å². The predicted octanol–water partition coefficient (Wildman–Crippen LogP) is 4.38. The van der Waals surface area contributed by atoms with Crippen LogP contribution in [0.5, 0.6) is 0 Å². The number of nitrogens with zero attached hydrogens (tertiary/aromatic N) is 1. The first-order chi connectivity index (χ1) is 16.2. The van der Waals surface area contributed by atoms with Gasteiger partial charge in [0.2, 0.25) is 12.2 Å². The van der Waals surface area contributed by atoms with Gasteiger partial charge in [-0.1, -0.05) is 38.8 Å². The summed E-state index contributed by atoms with van der Waals surface area (Å²) in [6, 6.07) is -1.07. The Hall–Kier alpha value is -2.42. The van der Waals surface area contributed by atoms with Crippen molar-refractivity contribution < 1.29 is 38.1 Å². The first-order valence-electron chi connectivity index (χ1n) is 12.4. The van der Waals surface area contributed by atoms with Crippen LogP contribution in [0.1, 0.15) is 81.1 Å². The molecule has 0 aliphatic carbocycles. The molecule has 2 heterocycles. The molecule has 2 aliphatic rings. The van der Waals surface area contributed by atoms with Gasteiger partial charge in [-0.25, -0.2) is 9.69 Å². The lowest BCUT2D eigenvalue weighted by Crippen LogP contribution is -2.61. The summed E-state index contributed by atoms with van der Waals surface area (Å²) in [7, 11) is 0. The maximum Gasteiger partial charge on any atom is 0.419 e. The summed E-state index contributed by atoms with van der Waals surface area (Å²) < 4.78 is 22.4. The van der Waals surface area contributed by atoms with Crippen molar-refractivity contribution in [3.8, 4) is 0 Å². The van der Waals surface area contributed by atoms with E-state index < -0.39 is 59.3 Å². The van der Waals surface area contributed by atoms with Gasteiger partial charge in [0, 0.05) is 6.42 Å². The van der Waals surface area contributed by atoms with Crippen molar-refractivity contribution in [3.63, 3.8) is 0 Å². The van der Waals surface area contributed by atoms with E-state index in [2.05, 4.69) is 6.92 Å². The maximum absolute atomic E-state index is 13.2. The summed E-state index contributed by atoms with van der Waals surface area (Å²) in [5.41, 5.74) is -1.67. The first-order valence-corrected chi connectivity index (χ1v) is 12.4. The third-order valence-electron chi connectivity index (χ3n) is 5.80. The third kappa shape index (κ3) is 7.53. The van der Waals surface area contributed by atoms with Gasteiger partial charge in [-0.3, -0.25) is 14.4 Å². The molecular weight excluding hydrogens is 454 g/mol. The fourth-order valence-corrected chi connectivity index (χ4v) is 3.63. The minimum Gasteiger partial charge on any atom is -0.455 e. The van der Waals surface area contributed by atoms with Gasteiger partial charge in [0.15, 0.2) is 12.2 Å². The largest absolute Gasteiger partial charge is 0.455 e. The number of unbranched alkanes of at least 4 members (excludes halogenated alkanes) is 2. The van der Waals surface area contributed by atoms with Crippen LogP contribution in [0.3, 0.4) is 0 Å². The van der Waals surface area contributed by atoms with E-state index in [-0.39, 0.29) is 18.9 Å². The standard InChI is InChI=1S/C26H41NO8/c1-9-10-11-12-13-16(2)14-18(28)27-19-20(34-23(30)26(6,7)8)17(33-22(29)25(3,4)5)15-32-21(19)35-24(27)31/h12-13,16-17,19-21H,9-11,14-15H2,1-8H3/b13-12+/t16?,17-,19+,20-,21+/m1/s1. The average Bonchev–Trinajstić information content (AvgIpc) is 3.07. The quantitative estimate of drug-likeness (QED) is 0.211. The predicted molar refractivity (Wildman–Crippen MR) is 128 cm³/mol. The van der Waals surface area contributed by atoms with E-state index in [9.17, 15) is 19.2 Å². The van der Waals surface area contributed by atoms with E-state index >= 15 is 0 Å². The second-order valence-electron chi connectivity index (χ2n) is 11.4. The van der Waals surface area contributed by atoms with Crippen molar-refractivity contribution in [1.82, 2.24) is 4.90 Å². The number of allylic oxidation sites excluding steroid dienone is 2. The Morgan fingerprint density at radius 3 is 2.26 bits per heavy atom. The number of carbonyl (C=O) groups excluding carboxylic acids is 4. The van der Waals surface area contributed by atoms with Crippen molar-refractivity contribution in [1.29, 1.82) is 0 Å². The highest BCUT2D eigenvalue weighted by atomic mass is 16.7.